The van der Waals surface area contributed by atoms with Crippen molar-refractivity contribution in [2.45, 2.75) is 6.92 Å². The molecule has 0 unspecified atom stereocenters. The first-order valence-electron chi connectivity index (χ1n) is 5.23. The van der Waals surface area contributed by atoms with Gasteiger partial charge in [-0.1, -0.05) is 0 Å². The fourth-order valence-electron chi connectivity index (χ4n) is 1.38. The maximum atomic E-state index is 11.3. The first-order chi connectivity index (χ1) is 8.20. The third-order valence-electron chi connectivity index (χ3n) is 2.19. The molecule has 0 aromatic carbocycles. The summed E-state index contributed by atoms with van der Waals surface area (Å²) in [6, 6.07) is 0. The van der Waals surface area contributed by atoms with Gasteiger partial charge < -0.3 is 9.64 Å². The summed E-state index contributed by atoms with van der Waals surface area (Å²) in [5, 5.41) is 7.44. The van der Waals surface area contributed by atoms with Crippen LogP contribution in [0.1, 0.15) is 6.92 Å². The molecular weight excluding hydrogens is 222 g/mol. The van der Waals surface area contributed by atoms with Gasteiger partial charge in [0.05, 0.1) is 18.2 Å². The van der Waals surface area contributed by atoms with E-state index in [0.29, 0.717) is 18.2 Å². The van der Waals surface area contributed by atoms with Crippen LogP contribution >= 0.6 is 0 Å². The minimum absolute atomic E-state index is 0.119. The van der Waals surface area contributed by atoms with Gasteiger partial charge in [0.1, 0.15) is 6.54 Å². The van der Waals surface area contributed by atoms with Crippen LogP contribution in [0.25, 0.3) is 11.0 Å². The molecule has 0 bridgehead atoms. The Morgan fingerprint density at radius 1 is 1.53 bits per heavy atom. The van der Waals surface area contributed by atoms with E-state index in [1.165, 1.54) is 0 Å². The number of fused-ring (bicyclic) bond motifs is 1. The highest BCUT2D eigenvalue weighted by Gasteiger charge is 2.11. The molecule has 0 radical (unpaired) electrons. The van der Waals surface area contributed by atoms with Gasteiger partial charge in [-0.2, -0.15) is 10.1 Å². The molecule has 2 aromatic rings. The van der Waals surface area contributed by atoms with Crippen LogP contribution in [0, 0.1) is 0 Å². The monoisotopic (exact) mass is 235 g/mol. The molecule has 0 atom stereocenters. The predicted octanol–water partition coefficient (Wildman–Crippen LogP) is 0.352. The van der Waals surface area contributed by atoms with Crippen LogP contribution in [0.2, 0.25) is 0 Å². The topological polar surface area (TPSA) is 84.0 Å². The van der Waals surface area contributed by atoms with Gasteiger partial charge in [0.15, 0.2) is 5.65 Å². The third kappa shape index (κ3) is 2.49. The van der Waals surface area contributed by atoms with E-state index in [-0.39, 0.29) is 12.5 Å². The number of hydrogen-bond donors (Lipinski definition) is 1. The minimum Gasteiger partial charge on any atom is -0.465 e. The smallest absolute Gasteiger partial charge is 0.325 e. The molecule has 1 N–H and O–H groups in total. The minimum atomic E-state index is -0.302. The first-order valence-corrected chi connectivity index (χ1v) is 5.23. The molecule has 7 nitrogen and oxygen atoms in total. The zero-order chi connectivity index (χ0) is 12.3. The summed E-state index contributed by atoms with van der Waals surface area (Å²) in [6.07, 6.45) is 3.30. The zero-order valence-electron chi connectivity index (χ0n) is 9.67. The van der Waals surface area contributed by atoms with Crippen molar-refractivity contribution in [3.8, 4) is 0 Å². The summed E-state index contributed by atoms with van der Waals surface area (Å²) < 4.78 is 4.85. The van der Waals surface area contributed by atoms with Crippen molar-refractivity contribution in [3.63, 3.8) is 0 Å². The molecular formula is C10H13N5O2. The highest BCUT2D eigenvalue weighted by molar-refractivity contribution is 5.76. The van der Waals surface area contributed by atoms with E-state index >= 15 is 0 Å². The molecule has 0 spiro atoms. The van der Waals surface area contributed by atoms with Crippen molar-refractivity contribution in [1.82, 2.24) is 20.2 Å². The lowest BCUT2D eigenvalue weighted by Crippen LogP contribution is -2.28. The van der Waals surface area contributed by atoms with Crippen molar-refractivity contribution in [3.05, 3.63) is 12.4 Å². The van der Waals surface area contributed by atoms with Crippen LogP contribution in [0.5, 0.6) is 0 Å². The van der Waals surface area contributed by atoms with Crippen molar-refractivity contribution >= 4 is 23.0 Å². The maximum Gasteiger partial charge on any atom is 0.325 e. The lowest BCUT2D eigenvalue weighted by atomic mass is 10.4. The fraction of sp³-hybridized carbons (Fsp3) is 0.400. The number of aromatic amines is 1. The van der Waals surface area contributed by atoms with Crippen molar-refractivity contribution < 1.29 is 9.53 Å². The molecule has 2 aromatic heterocycles. The van der Waals surface area contributed by atoms with Crippen LogP contribution in [0.15, 0.2) is 12.4 Å². The van der Waals surface area contributed by atoms with Crippen molar-refractivity contribution in [2.75, 3.05) is 25.1 Å². The van der Waals surface area contributed by atoms with E-state index in [2.05, 4.69) is 20.2 Å². The SMILES string of the molecule is CCOC(=O)CN(C)c1ncc2cn[nH]c2n1. The second kappa shape index (κ2) is 4.77. The van der Waals surface area contributed by atoms with E-state index in [9.17, 15) is 4.79 Å². The summed E-state index contributed by atoms with van der Waals surface area (Å²) >= 11 is 0. The number of carbonyl (C=O) groups is 1. The Kier molecular flexibility index (Phi) is 3.17. The van der Waals surface area contributed by atoms with Crippen LogP contribution in [-0.2, 0) is 9.53 Å². The Bertz CT molecular complexity index is 524. The number of ether oxygens (including phenoxy) is 1. The molecule has 90 valence electrons. The Labute approximate surface area is 97.8 Å². The second-order valence-corrected chi connectivity index (χ2v) is 3.51. The largest absolute Gasteiger partial charge is 0.465 e. The standard InChI is InChI=1S/C10H13N5O2/c1-3-17-8(16)6-15(2)10-11-4-7-5-12-14-9(7)13-10/h4-5H,3,6H2,1-2H3,(H,11,12,13,14). The fourth-order valence-corrected chi connectivity index (χ4v) is 1.38. The normalized spacial score (nSPS) is 10.5. The number of carbonyl (C=O) groups excluding carboxylic acids is 1. The Morgan fingerprint density at radius 3 is 3.12 bits per heavy atom. The van der Waals surface area contributed by atoms with E-state index < -0.39 is 0 Å². The lowest BCUT2D eigenvalue weighted by molar-refractivity contribution is -0.141. The van der Waals surface area contributed by atoms with E-state index in [4.69, 9.17) is 4.74 Å². The van der Waals surface area contributed by atoms with Gasteiger partial charge in [-0.05, 0) is 6.92 Å². The highest BCUT2D eigenvalue weighted by Crippen LogP contribution is 2.10. The third-order valence-corrected chi connectivity index (χ3v) is 2.19. The Balaban J connectivity index is 2.12. The molecule has 0 aliphatic rings. The summed E-state index contributed by atoms with van der Waals surface area (Å²) in [7, 11) is 1.73. The molecule has 2 heterocycles. The van der Waals surface area contributed by atoms with E-state index in [0.717, 1.165) is 5.39 Å². The number of anilines is 1. The highest BCUT2D eigenvalue weighted by atomic mass is 16.5. The van der Waals surface area contributed by atoms with Gasteiger partial charge >= 0.3 is 5.97 Å². The molecule has 0 amide bonds. The first kappa shape index (κ1) is 11.3. The summed E-state index contributed by atoms with van der Waals surface area (Å²) in [5.41, 5.74) is 0.644. The number of aromatic nitrogens is 4. The van der Waals surface area contributed by atoms with Gasteiger partial charge in [0, 0.05) is 13.2 Å². The van der Waals surface area contributed by atoms with Gasteiger partial charge in [0.2, 0.25) is 5.95 Å². The maximum absolute atomic E-state index is 11.3. The Morgan fingerprint density at radius 2 is 2.35 bits per heavy atom. The predicted molar refractivity (Wildman–Crippen MR) is 61.6 cm³/mol. The second-order valence-electron chi connectivity index (χ2n) is 3.51. The molecule has 2 rings (SSSR count). The van der Waals surface area contributed by atoms with Gasteiger partial charge in [-0.3, -0.25) is 9.89 Å². The molecule has 0 fully saturated rings. The van der Waals surface area contributed by atoms with Crippen molar-refractivity contribution in [1.29, 1.82) is 0 Å². The molecule has 0 aliphatic heterocycles. The quantitative estimate of drug-likeness (QED) is 0.770. The van der Waals surface area contributed by atoms with Crippen LogP contribution in [-0.4, -0.2) is 46.3 Å². The van der Waals surface area contributed by atoms with Crippen molar-refractivity contribution in [2.24, 2.45) is 0 Å². The number of nitrogens with one attached hydrogen (secondary N) is 1. The van der Waals surface area contributed by atoms with E-state index in [1.807, 2.05) is 0 Å². The summed E-state index contributed by atoms with van der Waals surface area (Å²) in [5.74, 6) is 0.151. The lowest BCUT2D eigenvalue weighted by Gasteiger charge is -2.15. The number of H-pyrrole nitrogens is 1. The Hall–Kier alpha value is -2.18. The van der Waals surface area contributed by atoms with Crippen LogP contribution in [0.4, 0.5) is 5.95 Å². The zero-order valence-corrected chi connectivity index (χ0v) is 9.67. The number of nitrogens with zero attached hydrogens (tertiary/aromatic N) is 4. The average molecular weight is 235 g/mol. The van der Waals surface area contributed by atoms with Gasteiger partial charge in [-0.25, -0.2) is 4.98 Å². The van der Waals surface area contributed by atoms with Crippen LogP contribution in [0.3, 0.4) is 0 Å². The molecule has 0 saturated heterocycles. The summed E-state index contributed by atoms with van der Waals surface area (Å²) in [6.45, 7) is 2.26. The van der Waals surface area contributed by atoms with Gasteiger partial charge in [0.25, 0.3) is 0 Å². The number of hydrogen-bond acceptors (Lipinski definition) is 6. The van der Waals surface area contributed by atoms with E-state index in [1.54, 1.807) is 31.3 Å². The molecule has 7 heteroatoms. The van der Waals surface area contributed by atoms with Gasteiger partial charge in [-0.15, -0.1) is 0 Å². The molecule has 0 saturated carbocycles. The molecule has 0 aliphatic carbocycles. The molecule has 17 heavy (non-hydrogen) atoms. The summed E-state index contributed by atoms with van der Waals surface area (Å²) in [4.78, 5) is 21.3. The number of esters is 1. The van der Waals surface area contributed by atoms with Crippen LogP contribution < -0.4 is 4.90 Å². The average Bonchev–Trinajstić information content (AvgIpc) is 2.75. The number of likely N-dealkylation sites (N-methyl/N-ethyl adjacent to an activating group) is 1. The number of rotatable bonds is 4.